The normalized spacial score (nSPS) is 10.8. The molecule has 0 unspecified atom stereocenters. The third-order valence-corrected chi connectivity index (χ3v) is 7.72. The number of hydrogen-bond acceptors (Lipinski definition) is 2. The third-order valence-electron chi connectivity index (χ3n) is 5.53. The molecule has 0 aliphatic rings. The highest BCUT2D eigenvalue weighted by atomic mass is 32.2. The van der Waals surface area contributed by atoms with Gasteiger partial charge in [0.25, 0.3) is 0 Å². The van der Waals surface area contributed by atoms with Gasteiger partial charge in [0.2, 0.25) is 0 Å². The molecule has 0 aromatic heterocycles. The third kappa shape index (κ3) is 5.42. The van der Waals surface area contributed by atoms with E-state index in [9.17, 15) is 0 Å². The summed E-state index contributed by atoms with van der Waals surface area (Å²) >= 11 is 3.63. The van der Waals surface area contributed by atoms with Crippen molar-refractivity contribution in [2.75, 3.05) is 0 Å². The Hall–Kier alpha value is -3.20. The summed E-state index contributed by atoms with van der Waals surface area (Å²) in [6, 6.07) is 45.4. The van der Waals surface area contributed by atoms with Gasteiger partial charge in [-0.25, -0.2) is 0 Å². The lowest BCUT2D eigenvalue weighted by atomic mass is 10.1. The molecule has 0 atom stereocenters. The minimum atomic E-state index is 1.25. The van der Waals surface area contributed by atoms with Crippen LogP contribution in [0, 0.1) is 6.92 Å². The topological polar surface area (TPSA) is 0 Å². The first-order valence-corrected chi connectivity index (χ1v) is 12.7. The summed E-state index contributed by atoms with van der Waals surface area (Å²) in [5, 5.41) is 0. The zero-order valence-corrected chi connectivity index (χ0v) is 20.1. The van der Waals surface area contributed by atoms with Crippen LogP contribution < -0.4 is 0 Å². The van der Waals surface area contributed by atoms with Crippen molar-refractivity contribution in [2.45, 2.75) is 26.5 Å². The minimum Gasteiger partial charge on any atom is -0.0901 e. The Kier molecular flexibility index (Phi) is 6.66. The largest absolute Gasteiger partial charge is 0.0901 e. The molecule has 0 saturated carbocycles. The lowest BCUT2D eigenvalue weighted by Crippen LogP contribution is -1.83. The second-order valence-electron chi connectivity index (χ2n) is 7.91. The predicted octanol–water partition coefficient (Wildman–Crippen LogP) is 9.63. The number of hydrogen-bond donors (Lipinski definition) is 0. The zero-order chi connectivity index (χ0) is 22.5. The van der Waals surface area contributed by atoms with Crippen LogP contribution in [0.25, 0.3) is 22.3 Å². The molecule has 0 fully saturated rings. The van der Waals surface area contributed by atoms with E-state index in [0.717, 1.165) is 0 Å². The molecular formula is C31H24S2. The monoisotopic (exact) mass is 460 g/mol. The van der Waals surface area contributed by atoms with E-state index in [-0.39, 0.29) is 0 Å². The average Bonchev–Trinajstić information content (AvgIpc) is 2.88. The molecule has 0 aliphatic heterocycles. The summed E-state index contributed by atoms with van der Waals surface area (Å²) in [6.45, 7) is 2.20. The molecule has 0 spiro atoms. The van der Waals surface area contributed by atoms with Crippen LogP contribution in [0.2, 0.25) is 0 Å². The van der Waals surface area contributed by atoms with Crippen molar-refractivity contribution in [1.29, 1.82) is 0 Å². The Morgan fingerprint density at radius 3 is 1.30 bits per heavy atom. The van der Waals surface area contributed by atoms with Crippen LogP contribution in [-0.4, -0.2) is 0 Å². The SMILES string of the molecule is Cc1cc(Sc2ccc(-c3ccccc3)cc2)ccc1Sc1ccc(-c2ccccc2)cc1. The predicted molar refractivity (Wildman–Crippen MR) is 143 cm³/mol. The fraction of sp³-hybridized carbons (Fsp3) is 0.0323. The highest BCUT2D eigenvalue weighted by Crippen LogP contribution is 2.36. The van der Waals surface area contributed by atoms with Crippen LogP contribution in [0.5, 0.6) is 0 Å². The van der Waals surface area contributed by atoms with Crippen LogP contribution in [0.1, 0.15) is 5.56 Å². The van der Waals surface area contributed by atoms with E-state index in [0.29, 0.717) is 0 Å². The first-order chi connectivity index (χ1) is 16.2. The first kappa shape index (κ1) is 21.6. The fourth-order valence-corrected chi connectivity index (χ4v) is 5.55. The van der Waals surface area contributed by atoms with Crippen molar-refractivity contribution in [3.63, 3.8) is 0 Å². The summed E-state index contributed by atoms with van der Waals surface area (Å²) in [5.74, 6) is 0. The van der Waals surface area contributed by atoms with Gasteiger partial charge < -0.3 is 0 Å². The molecule has 0 radical (unpaired) electrons. The number of aryl methyl sites for hydroxylation is 1. The van der Waals surface area contributed by atoms with E-state index in [1.54, 1.807) is 0 Å². The van der Waals surface area contributed by atoms with E-state index in [2.05, 4.69) is 134 Å². The highest BCUT2D eigenvalue weighted by molar-refractivity contribution is 7.99. The molecule has 5 aromatic carbocycles. The van der Waals surface area contributed by atoms with Crippen LogP contribution in [0.4, 0.5) is 0 Å². The zero-order valence-electron chi connectivity index (χ0n) is 18.4. The van der Waals surface area contributed by atoms with Crippen LogP contribution in [0.3, 0.4) is 0 Å². The maximum absolute atomic E-state index is 2.29. The molecule has 5 aromatic rings. The molecule has 0 aliphatic carbocycles. The Bertz CT molecular complexity index is 1320. The van der Waals surface area contributed by atoms with Gasteiger partial charge >= 0.3 is 0 Å². The maximum Gasteiger partial charge on any atom is 0.0152 e. The molecule has 160 valence electrons. The maximum atomic E-state index is 2.29. The molecule has 0 nitrogen and oxygen atoms in total. The van der Waals surface area contributed by atoms with Gasteiger partial charge in [-0.15, -0.1) is 0 Å². The molecule has 0 N–H and O–H groups in total. The van der Waals surface area contributed by atoms with Gasteiger partial charge in [0.05, 0.1) is 0 Å². The molecule has 2 heteroatoms. The van der Waals surface area contributed by atoms with Crippen LogP contribution >= 0.6 is 23.5 Å². The number of benzene rings is 5. The summed E-state index contributed by atoms with van der Waals surface area (Å²) in [4.78, 5) is 5.08. The van der Waals surface area contributed by atoms with Crippen molar-refractivity contribution in [3.8, 4) is 22.3 Å². The van der Waals surface area contributed by atoms with Crippen molar-refractivity contribution >= 4 is 23.5 Å². The van der Waals surface area contributed by atoms with Crippen molar-refractivity contribution in [2.24, 2.45) is 0 Å². The lowest BCUT2D eigenvalue weighted by Gasteiger charge is -2.10. The van der Waals surface area contributed by atoms with Gasteiger partial charge in [-0.1, -0.05) is 108 Å². The van der Waals surface area contributed by atoms with Gasteiger partial charge in [0.15, 0.2) is 0 Å². The molecule has 33 heavy (non-hydrogen) atoms. The molecule has 5 rings (SSSR count). The smallest absolute Gasteiger partial charge is 0.0152 e. The fourth-order valence-electron chi connectivity index (χ4n) is 3.76. The van der Waals surface area contributed by atoms with Crippen molar-refractivity contribution in [1.82, 2.24) is 0 Å². The molecule has 0 heterocycles. The van der Waals surface area contributed by atoms with Crippen molar-refractivity contribution < 1.29 is 0 Å². The van der Waals surface area contributed by atoms with E-state index < -0.39 is 0 Å². The molecule has 0 saturated heterocycles. The van der Waals surface area contributed by atoms with E-state index in [4.69, 9.17) is 0 Å². The second kappa shape index (κ2) is 10.2. The van der Waals surface area contributed by atoms with Crippen LogP contribution in [0.15, 0.2) is 147 Å². The van der Waals surface area contributed by atoms with E-state index in [1.807, 2.05) is 23.5 Å². The van der Waals surface area contributed by atoms with E-state index in [1.165, 1.54) is 47.4 Å². The second-order valence-corrected chi connectivity index (χ2v) is 10.2. The Balaban J connectivity index is 1.26. The summed E-state index contributed by atoms with van der Waals surface area (Å²) < 4.78 is 0. The Labute approximate surface area is 204 Å². The van der Waals surface area contributed by atoms with Gasteiger partial charge in [-0.2, -0.15) is 0 Å². The quantitative estimate of drug-likeness (QED) is 0.247. The van der Waals surface area contributed by atoms with Crippen molar-refractivity contribution in [3.05, 3.63) is 133 Å². The lowest BCUT2D eigenvalue weighted by molar-refractivity contribution is 1.23. The van der Waals surface area contributed by atoms with Gasteiger partial charge in [0, 0.05) is 19.6 Å². The van der Waals surface area contributed by atoms with Gasteiger partial charge in [-0.3, -0.25) is 0 Å². The van der Waals surface area contributed by atoms with Crippen LogP contribution in [-0.2, 0) is 0 Å². The molecule has 0 bridgehead atoms. The summed E-state index contributed by atoms with van der Waals surface area (Å²) in [5.41, 5.74) is 6.31. The Morgan fingerprint density at radius 2 is 0.818 bits per heavy atom. The molecular weight excluding hydrogens is 436 g/mol. The Morgan fingerprint density at radius 1 is 0.394 bits per heavy atom. The number of rotatable bonds is 6. The first-order valence-electron chi connectivity index (χ1n) is 11.0. The van der Waals surface area contributed by atoms with Gasteiger partial charge in [-0.05, 0) is 77.2 Å². The molecule has 0 amide bonds. The summed E-state index contributed by atoms with van der Waals surface area (Å²) in [7, 11) is 0. The summed E-state index contributed by atoms with van der Waals surface area (Å²) in [6.07, 6.45) is 0. The minimum absolute atomic E-state index is 1.25. The highest BCUT2D eigenvalue weighted by Gasteiger charge is 2.06. The van der Waals surface area contributed by atoms with Gasteiger partial charge in [0.1, 0.15) is 0 Å². The van der Waals surface area contributed by atoms with E-state index >= 15 is 0 Å². The standard InChI is InChI=1S/C31H24S2/c1-23-22-30(32-28-16-12-26(13-17-28)24-8-4-2-5-9-24)20-21-31(23)33-29-18-14-27(15-19-29)25-10-6-3-7-11-25/h2-22H,1H3. The average molecular weight is 461 g/mol.